The van der Waals surface area contributed by atoms with Crippen molar-refractivity contribution in [2.75, 3.05) is 11.9 Å². The zero-order chi connectivity index (χ0) is 15.2. The first-order valence-corrected chi connectivity index (χ1v) is 6.59. The van der Waals surface area contributed by atoms with Gasteiger partial charge in [0.25, 0.3) is 5.91 Å². The molecule has 0 aromatic carbocycles. The number of aromatic nitrogens is 3. The number of anilines is 1. The Kier molecular flexibility index (Phi) is 4.69. The van der Waals surface area contributed by atoms with Gasteiger partial charge in [-0.05, 0) is 19.9 Å². The van der Waals surface area contributed by atoms with E-state index in [0.717, 1.165) is 0 Å². The molecule has 0 fully saturated rings. The summed E-state index contributed by atoms with van der Waals surface area (Å²) in [6, 6.07) is 1.92. The van der Waals surface area contributed by atoms with E-state index in [9.17, 15) is 4.79 Å². The molecule has 2 aromatic heterocycles. The number of amides is 1. The molecule has 0 aliphatic rings. The topological polar surface area (TPSA) is 85.8 Å². The van der Waals surface area contributed by atoms with E-state index in [1.165, 1.54) is 6.20 Å². The van der Waals surface area contributed by atoms with Crippen molar-refractivity contribution in [3.05, 3.63) is 42.0 Å². The third-order valence-corrected chi connectivity index (χ3v) is 2.72. The number of hydrogen-bond donors (Lipinski definition) is 2. The van der Waals surface area contributed by atoms with Crippen LogP contribution < -0.4 is 11.1 Å². The predicted octanol–water partition coefficient (Wildman–Crippen LogP) is 1.42. The van der Waals surface area contributed by atoms with Gasteiger partial charge in [-0.15, -0.1) is 0 Å². The Bertz CT molecular complexity index is 693. The molecule has 0 aliphatic heterocycles. The van der Waals surface area contributed by atoms with Crippen LogP contribution in [0.3, 0.4) is 0 Å². The van der Waals surface area contributed by atoms with E-state index in [2.05, 4.69) is 27.2 Å². The van der Waals surface area contributed by atoms with Crippen molar-refractivity contribution in [2.24, 2.45) is 5.73 Å². The van der Waals surface area contributed by atoms with Crippen LogP contribution in [-0.4, -0.2) is 27.2 Å². The standard InChI is InChI=1S/C15H17N5O/c1-11(2)20-10-14(9-18-20)19-15(21)13-6-12(4-3-5-16)7-17-8-13/h6-11H,5,16H2,1-2H3,(H,19,21). The molecule has 2 aromatic rings. The quantitative estimate of drug-likeness (QED) is 0.834. The van der Waals surface area contributed by atoms with E-state index in [-0.39, 0.29) is 18.5 Å². The van der Waals surface area contributed by atoms with E-state index in [4.69, 9.17) is 5.73 Å². The molecule has 3 N–H and O–H groups in total. The summed E-state index contributed by atoms with van der Waals surface area (Å²) in [5.74, 6) is 5.33. The maximum absolute atomic E-state index is 12.2. The van der Waals surface area contributed by atoms with Gasteiger partial charge in [-0.2, -0.15) is 5.10 Å². The van der Waals surface area contributed by atoms with Crippen LogP contribution in [0.4, 0.5) is 5.69 Å². The van der Waals surface area contributed by atoms with Crippen LogP contribution in [0, 0.1) is 11.8 Å². The second-order valence-electron chi connectivity index (χ2n) is 4.73. The summed E-state index contributed by atoms with van der Waals surface area (Å²) >= 11 is 0. The first-order valence-electron chi connectivity index (χ1n) is 6.59. The summed E-state index contributed by atoms with van der Waals surface area (Å²) in [6.07, 6.45) is 6.49. The molecule has 6 nitrogen and oxygen atoms in total. The van der Waals surface area contributed by atoms with Crippen LogP contribution in [0.25, 0.3) is 0 Å². The van der Waals surface area contributed by atoms with Crippen molar-refractivity contribution < 1.29 is 4.79 Å². The number of carbonyl (C=O) groups excluding carboxylic acids is 1. The summed E-state index contributed by atoms with van der Waals surface area (Å²) in [5, 5.41) is 6.95. The Morgan fingerprint density at radius 1 is 1.43 bits per heavy atom. The van der Waals surface area contributed by atoms with E-state index in [1.807, 2.05) is 13.8 Å². The van der Waals surface area contributed by atoms with Crippen molar-refractivity contribution in [1.82, 2.24) is 14.8 Å². The molecule has 2 heterocycles. The van der Waals surface area contributed by atoms with Gasteiger partial charge in [0.15, 0.2) is 0 Å². The van der Waals surface area contributed by atoms with Gasteiger partial charge in [0.05, 0.1) is 24.0 Å². The highest BCUT2D eigenvalue weighted by Gasteiger charge is 2.09. The molecule has 0 radical (unpaired) electrons. The van der Waals surface area contributed by atoms with Gasteiger partial charge < -0.3 is 11.1 Å². The van der Waals surface area contributed by atoms with E-state index in [0.29, 0.717) is 16.8 Å². The second kappa shape index (κ2) is 6.68. The number of nitrogens with zero attached hydrogens (tertiary/aromatic N) is 3. The summed E-state index contributed by atoms with van der Waals surface area (Å²) in [6.45, 7) is 4.30. The SMILES string of the molecule is CC(C)n1cc(NC(=O)c2cncc(C#CCN)c2)cn1. The lowest BCUT2D eigenvalue weighted by atomic mass is 10.2. The van der Waals surface area contributed by atoms with Crippen molar-refractivity contribution in [3.63, 3.8) is 0 Å². The van der Waals surface area contributed by atoms with Gasteiger partial charge in [-0.1, -0.05) is 11.8 Å². The van der Waals surface area contributed by atoms with Crippen LogP contribution in [-0.2, 0) is 0 Å². The molecule has 0 unspecified atom stereocenters. The predicted molar refractivity (Wildman–Crippen MR) is 80.7 cm³/mol. The highest BCUT2D eigenvalue weighted by Crippen LogP contribution is 2.11. The minimum absolute atomic E-state index is 0.243. The summed E-state index contributed by atoms with van der Waals surface area (Å²) < 4.78 is 1.77. The summed E-state index contributed by atoms with van der Waals surface area (Å²) in [4.78, 5) is 16.2. The average molecular weight is 283 g/mol. The monoisotopic (exact) mass is 283 g/mol. The fraction of sp³-hybridized carbons (Fsp3) is 0.267. The van der Waals surface area contributed by atoms with Crippen molar-refractivity contribution in [1.29, 1.82) is 0 Å². The van der Waals surface area contributed by atoms with Gasteiger partial charge in [-0.25, -0.2) is 0 Å². The van der Waals surface area contributed by atoms with Gasteiger partial charge >= 0.3 is 0 Å². The largest absolute Gasteiger partial charge is 0.320 e. The van der Waals surface area contributed by atoms with Gasteiger partial charge in [-0.3, -0.25) is 14.5 Å². The number of hydrogen-bond acceptors (Lipinski definition) is 4. The Morgan fingerprint density at radius 2 is 2.24 bits per heavy atom. The van der Waals surface area contributed by atoms with Crippen LogP contribution in [0.1, 0.15) is 35.8 Å². The molecule has 21 heavy (non-hydrogen) atoms. The molecule has 0 bridgehead atoms. The third kappa shape index (κ3) is 3.91. The Hall–Kier alpha value is -2.65. The molecule has 0 aliphatic carbocycles. The lowest BCUT2D eigenvalue weighted by Gasteiger charge is -2.04. The minimum Gasteiger partial charge on any atom is -0.320 e. The van der Waals surface area contributed by atoms with Crippen molar-refractivity contribution >= 4 is 11.6 Å². The molecule has 0 spiro atoms. The maximum atomic E-state index is 12.2. The molecular weight excluding hydrogens is 266 g/mol. The minimum atomic E-state index is -0.248. The van der Waals surface area contributed by atoms with Gasteiger partial charge in [0.1, 0.15) is 0 Å². The third-order valence-electron chi connectivity index (χ3n) is 2.72. The van der Waals surface area contributed by atoms with Gasteiger partial charge in [0.2, 0.25) is 0 Å². The van der Waals surface area contributed by atoms with Crippen LogP contribution in [0.5, 0.6) is 0 Å². The highest BCUT2D eigenvalue weighted by molar-refractivity contribution is 6.04. The number of nitrogens with two attached hydrogens (primary N) is 1. The number of pyridine rings is 1. The number of carbonyl (C=O) groups is 1. The molecule has 108 valence electrons. The van der Waals surface area contributed by atoms with Crippen LogP contribution in [0.15, 0.2) is 30.9 Å². The van der Waals surface area contributed by atoms with Crippen LogP contribution in [0.2, 0.25) is 0 Å². The normalized spacial score (nSPS) is 10.1. The lowest BCUT2D eigenvalue weighted by molar-refractivity contribution is 0.102. The first-order chi connectivity index (χ1) is 10.1. The molecule has 0 saturated carbocycles. The average Bonchev–Trinajstić information content (AvgIpc) is 2.94. The van der Waals surface area contributed by atoms with Gasteiger partial charge in [0, 0.05) is 30.2 Å². The lowest BCUT2D eigenvalue weighted by Crippen LogP contribution is -2.12. The molecule has 1 amide bonds. The Balaban J connectivity index is 2.12. The Morgan fingerprint density at radius 3 is 2.90 bits per heavy atom. The summed E-state index contributed by atoms with van der Waals surface area (Å²) in [5.41, 5.74) is 7.07. The zero-order valence-electron chi connectivity index (χ0n) is 12.0. The van der Waals surface area contributed by atoms with Crippen molar-refractivity contribution in [2.45, 2.75) is 19.9 Å². The molecular formula is C15H17N5O. The van der Waals surface area contributed by atoms with E-state index < -0.39 is 0 Å². The molecule has 2 rings (SSSR count). The second-order valence-corrected chi connectivity index (χ2v) is 4.73. The maximum Gasteiger partial charge on any atom is 0.257 e. The highest BCUT2D eigenvalue weighted by atomic mass is 16.1. The Labute approximate surface area is 123 Å². The molecule has 0 saturated heterocycles. The fourth-order valence-corrected chi connectivity index (χ4v) is 1.67. The number of rotatable bonds is 3. The van der Waals surface area contributed by atoms with E-state index >= 15 is 0 Å². The number of nitrogens with one attached hydrogen (secondary N) is 1. The first kappa shape index (κ1) is 14.8. The van der Waals surface area contributed by atoms with Crippen molar-refractivity contribution in [3.8, 4) is 11.8 Å². The summed E-state index contributed by atoms with van der Waals surface area (Å²) in [7, 11) is 0. The fourth-order valence-electron chi connectivity index (χ4n) is 1.67. The molecule has 6 heteroatoms. The smallest absolute Gasteiger partial charge is 0.257 e. The molecule has 0 atom stereocenters. The zero-order valence-corrected chi connectivity index (χ0v) is 12.0. The van der Waals surface area contributed by atoms with Crippen LogP contribution >= 0.6 is 0 Å². The van der Waals surface area contributed by atoms with E-state index in [1.54, 1.807) is 29.3 Å².